The third kappa shape index (κ3) is 1.94. The number of aromatic nitrogens is 2. The third-order valence-electron chi connectivity index (χ3n) is 2.84. The molecular weight excluding hydrogens is 188 g/mol. The van der Waals surface area contributed by atoms with Crippen LogP contribution in [-0.4, -0.2) is 22.4 Å². The van der Waals surface area contributed by atoms with E-state index in [9.17, 15) is 0 Å². The normalized spacial score (nSPS) is 19.7. The molecule has 1 aliphatic heterocycles. The molecule has 0 aliphatic carbocycles. The number of hydrogen-bond donors (Lipinski definition) is 2. The molecule has 4 nitrogen and oxygen atoms in total. The van der Waals surface area contributed by atoms with Gasteiger partial charge in [0.1, 0.15) is 11.5 Å². The number of rotatable bonds is 2. The maximum atomic E-state index is 4.40. The molecule has 0 radical (unpaired) electrons. The van der Waals surface area contributed by atoms with Crippen molar-refractivity contribution in [3.8, 4) is 0 Å². The molecule has 2 heterocycles. The molecule has 1 unspecified atom stereocenters. The van der Waals surface area contributed by atoms with Crippen molar-refractivity contribution >= 4 is 11.5 Å². The highest BCUT2D eigenvalue weighted by molar-refractivity contribution is 5.70. The molecule has 2 N–H and O–H groups in total. The first-order chi connectivity index (χ1) is 7.08. The lowest BCUT2D eigenvalue weighted by atomic mass is 10.0. The summed E-state index contributed by atoms with van der Waals surface area (Å²) in [5, 5.41) is 11.4. The molecule has 0 bridgehead atoms. The molecule has 0 spiro atoms. The van der Waals surface area contributed by atoms with Crippen LogP contribution in [-0.2, 0) is 7.05 Å². The Balaban J connectivity index is 2.15. The van der Waals surface area contributed by atoms with Gasteiger partial charge >= 0.3 is 0 Å². The summed E-state index contributed by atoms with van der Waals surface area (Å²) < 4.78 is 1.92. The maximum Gasteiger partial charge on any atom is 0.148 e. The van der Waals surface area contributed by atoms with Crippen molar-refractivity contribution < 1.29 is 0 Å². The van der Waals surface area contributed by atoms with E-state index >= 15 is 0 Å². The smallest absolute Gasteiger partial charge is 0.148 e. The maximum absolute atomic E-state index is 4.40. The van der Waals surface area contributed by atoms with Crippen LogP contribution in [0.4, 0.5) is 11.5 Å². The van der Waals surface area contributed by atoms with Crippen molar-refractivity contribution in [3.63, 3.8) is 0 Å². The summed E-state index contributed by atoms with van der Waals surface area (Å²) in [6, 6.07) is 0.521. The highest BCUT2D eigenvalue weighted by Crippen LogP contribution is 2.29. The molecule has 2 rings (SSSR count). The van der Waals surface area contributed by atoms with Gasteiger partial charge in [0.2, 0.25) is 0 Å². The van der Waals surface area contributed by atoms with Gasteiger partial charge in [-0.05, 0) is 19.3 Å². The van der Waals surface area contributed by atoms with Gasteiger partial charge in [0.15, 0.2) is 0 Å². The van der Waals surface area contributed by atoms with Crippen molar-refractivity contribution in [2.24, 2.45) is 13.0 Å². The van der Waals surface area contributed by atoms with Crippen molar-refractivity contribution in [2.45, 2.75) is 33.2 Å². The number of fused-ring (bicyclic) bond motifs is 1. The fourth-order valence-corrected chi connectivity index (χ4v) is 2.22. The van der Waals surface area contributed by atoms with Crippen molar-refractivity contribution in [1.82, 2.24) is 9.78 Å². The molecule has 1 atom stereocenters. The topological polar surface area (TPSA) is 41.9 Å². The van der Waals surface area contributed by atoms with E-state index in [1.54, 1.807) is 0 Å². The van der Waals surface area contributed by atoms with Gasteiger partial charge in [-0.25, -0.2) is 0 Å². The van der Waals surface area contributed by atoms with Crippen LogP contribution >= 0.6 is 0 Å². The van der Waals surface area contributed by atoms with Crippen molar-refractivity contribution in [2.75, 3.05) is 17.2 Å². The van der Waals surface area contributed by atoms with Crippen LogP contribution in [0.25, 0.3) is 0 Å². The van der Waals surface area contributed by atoms with Gasteiger partial charge in [-0.1, -0.05) is 13.8 Å². The summed E-state index contributed by atoms with van der Waals surface area (Å²) in [4.78, 5) is 0. The van der Waals surface area contributed by atoms with E-state index in [0.717, 1.165) is 29.7 Å². The van der Waals surface area contributed by atoms with Crippen LogP contribution in [0.15, 0.2) is 0 Å². The van der Waals surface area contributed by atoms with Gasteiger partial charge in [0.05, 0.1) is 5.69 Å². The Morgan fingerprint density at radius 1 is 1.53 bits per heavy atom. The number of nitrogens with zero attached hydrogens (tertiary/aromatic N) is 2. The zero-order valence-corrected chi connectivity index (χ0v) is 9.96. The first-order valence-corrected chi connectivity index (χ1v) is 5.62. The first-order valence-electron chi connectivity index (χ1n) is 5.62. The van der Waals surface area contributed by atoms with Gasteiger partial charge in [0, 0.05) is 19.6 Å². The SMILES string of the molecule is Cc1nn(C)c2c1NCC(CC(C)C)N2. The van der Waals surface area contributed by atoms with Crippen LogP contribution in [0, 0.1) is 12.8 Å². The molecule has 1 aromatic rings. The number of nitrogens with one attached hydrogen (secondary N) is 2. The molecule has 84 valence electrons. The van der Waals surface area contributed by atoms with Gasteiger partial charge in [-0.2, -0.15) is 5.10 Å². The molecule has 1 aliphatic rings. The first kappa shape index (κ1) is 10.3. The number of aryl methyl sites for hydroxylation is 2. The predicted octanol–water partition coefficient (Wildman–Crippen LogP) is 1.98. The summed E-state index contributed by atoms with van der Waals surface area (Å²) >= 11 is 0. The van der Waals surface area contributed by atoms with E-state index in [1.807, 2.05) is 18.7 Å². The van der Waals surface area contributed by atoms with Crippen molar-refractivity contribution in [3.05, 3.63) is 5.69 Å². The Labute approximate surface area is 91.1 Å². The minimum absolute atomic E-state index is 0.521. The standard InChI is InChI=1S/C11H20N4/c1-7(2)5-9-6-12-10-8(3)14-15(4)11(10)13-9/h7,9,12-13H,5-6H2,1-4H3. The van der Waals surface area contributed by atoms with Crippen LogP contribution in [0.3, 0.4) is 0 Å². The van der Waals surface area contributed by atoms with Gasteiger partial charge in [-0.3, -0.25) is 4.68 Å². The molecule has 1 aromatic heterocycles. The summed E-state index contributed by atoms with van der Waals surface area (Å²) in [5.41, 5.74) is 2.24. The van der Waals surface area contributed by atoms with Crippen LogP contribution in [0.5, 0.6) is 0 Å². The second-order valence-corrected chi connectivity index (χ2v) is 4.78. The molecule has 0 aromatic carbocycles. The predicted molar refractivity (Wildman–Crippen MR) is 63.3 cm³/mol. The lowest BCUT2D eigenvalue weighted by molar-refractivity contribution is 0.521. The Bertz CT molecular complexity index is 354. The lowest BCUT2D eigenvalue weighted by Gasteiger charge is -2.27. The van der Waals surface area contributed by atoms with E-state index in [0.29, 0.717) is 6.04 Å². The Kier molecular flexibility index (Phi) is 2.59. The quantitative estimate of drug-likeness (QED) is 0.781. The summed E-state index contributed by atoms with van der Waals surface area (Å²) in [5.74, 6) is 1.85. The molecule has 4 heteroatoms. The minimum atomic E-state index is 0.521. The van der Waals surface area contributed by atoms with Gasteiger partial charge in [-0.15, -0.1) is 0 Å². The molecule has 15 heavy (non-hydrogen) atoms. The fraction of sp³-hybridized carbons (Fsp3) is 0.727. The summed E-state index contributed by atoms with van der Waals surface area (Å²) in [7, 11) is 1.98. The average Bonchev–Trinajstić information content (AvgIpc) is 2.41. The van der Waals surface area contributed by atoms with Gasteiger partial charge < -0.3 is 10.6 Å². The molecule has 0 amide bonds. The summed E-state index contributed by atoms with van der Waals surface area (Å²) in [6.45, 7) is 7.55. The monoisotopic (exact) mass is 208 g/mol. The van der Waals surface area contributed by atoms with E-state index in [1.165, 1.54) is 6.42 Å². The zero-order chi connectivity index (χ0) is 11.0. The second kappa shape index (κ2) is 3.76. The number of anilines is 2. The molecule has 0 fully saturated rings. The third-order valence-corrected chi connectivity index (χ3v) is 2.84. The molecule has 0 saturated heterocycles. The fourth-order valence-electron chi connectivity index (χ4n) is 2.22. The average molecular weight is 208 g/mol. The second-order valence-electron chi connectivity index (χ2n) is 4.78. The Morgan fingerprint density at radius 2 is 2.27 bits per heavy atom. The largest absolute Gasteiger partial charge is 0.378 e. The highest BCUT2D eigenvalue weighted by atomic mass is 15.3. The Hall–Kier alpha value is -1.19. The van der Waals surface area contributed by atoms with Gasteiger partial charge in [0.25, 0.3) is 0 Å². The minimum Gasteiger partial charge on any atom is -0.378 e. The summed E-state index contributed by atoms with van der Waals surface area (Å²) in [6.07, 6.45) is 1.19. The van der Waals surface area contributed by atoms with E-state index in [4.69, 9.17) is 0 Å². The molecular formula is C11H20N4. The van der Waals surface area contributed by atoms with E-state index < -0.39 is 0 Å². The highest BCUT2D eigenvalue weighted by Gasteiger charge is 2.22. The zero-order valence-electron chi connectivity index (χ0n) is 9.96. The van der Waals surface area contributed by atoms with Crippen LogP contribution < -0.4 is 10.6 Å². The van der Waals surface area contributed by atoms with E-state index in [-0.39, 0.29) is 0 Å². The van der Waals surface area contributed by atoms with E-state index in [2.05, 4.69) is 29.6 Å². The Morgan fingerprint density at radius 3 is 2.93 bits per heavy atom. The number of hydrogen-bond acceptors (Lipinski definition) is 3. The van der Waals surface area contributed by atoms with Crippen LogP contribution in [0.2, 0.25) is 0 Å². The molecule has 0 saturated carbocycles. The van der Waals surface area contributed by atoms with Crippen molar-refractivity contribution in [1.29, 1.82) is 0 Å². The lowest BCUT2D eigenvalue weighted by Crippen LogP contribution is -2.34. The van der Waals surface area contributed by atoms with Crippen LogP contribution in [0.1, 0.15) is 26.0 Å².